The molecule has 6 nitrogen and oxygen atoms in total. The van der Waals surface area contributed by atoms with Crippen molar-refractivity contribution in [3.05, 3.63) is 0 Å². The van der Waals surface area contributed by atoms with Crippen LogP contribution in [-0.2, 0) is 9.59 Å². The predicted octanol–water partition coefficient (Wildman–Crippen LogP) is -4.45. The summed E-state index contributed by atoms with van der Waals surface area (Å²) in [5, 5.41) is 16.3. The van der Waals surface area contributed by atoms with Gasteiger partial charge in [-0.2, -0.15) is 0 Å². The fourth-order valence-corrected chi connectivity index (χ4v) is 0.402. The average molecular weight is 189 g/mol. The van der Waals surface area contributed by atoms with Crippen molar-refractivity contribution in [1.29, 1.82) is 0 Å². The first kappa shape index (κ1) is 17.8. The van der Waals surface area contributed by atoms with Crippen LogP contribution < -0.4 is 35.3 Å². The number of rotatable bonds is 4. The van der Waals surface area contributed by atoms with Gasteiger partial charge in [0.1, 0.15) is 6.04 Å². The molecule has 0 amide bonds. The number of nitrogens with two attached hydrogens (primary N) is 1. The van der Waals surface area contributed by atoms with Gasteiger partial charge in [-0.1, -0.05) is 0 Å². The molecule has 6 N–H and O–H groups in total. The van der Waals surface area contributed by atoms with E-state index in [2.05, 4.69) is 0 Å². The summed E-state index contributed by atoms with van der Waals surface area (Å²) < 4.78 is 0. The standard InChI is InChI=1S/C5H9NO4.Na.H2O.H/c6-3(5(9)10)1-2-4(7)8;;;/h3H,1-2,6H2,(H,7,8)(H,9,10);;1H2;/q;+1;;-1. The maximum Gasteiger partial charge on any atom is 1.00 e. The summed E-state index contributed by atoms with van der Waals surface area (Å²) in [7, 11) is 0. The van der Waals surface area contributed by atoms with Gasteiger partial charge >= 0.3 is 41.5 Å². The minimum absolute atomic E-state index is 0. The fourth-order valence-electron chi connectivity index (χ4n) is 0.402. The molecule has 12 heavy (non-hydrogen) atoms. The molecule has 0 heterocycles. The summed E-state index contributed by atoms with van der Waals surface area (Å²) in [6, 6.07) is -1.06. The van der Waals surface area contributed by atoms with Crippen molar-refractivity contribution >= 4 is 11.9 Å². The number of hydrogen-bond acceptors (Lipinski definition) is 3. The molecule has 0 fully saturated rings. The van der Waals surface area contributed by atoms with Gasteiger partial charge < -0.3 is 22.8 Å². The Morgan fingerprint density at radius 3 is 2.08 bits per heavy atom. The zero-order valence-electron chi connectivity index (χ0n) is 7.78. The van der Waals surface area contributed by atoms with Crippen LogP contribution in [-0.4, -0.2) is 33.7 Å². The van der Waals surface area contributed by atoms with Gasteiger partial charge in [-0.15, -0.1) is 0 Å². The summed E-state index contributed by atoms with van der Waals surface area (Å²) in [4.78, 5) is 19.9. The van der Waals surface area contributed by atoms with Crippen molar-refractivity contribution in [3.8, 4) is 0 Å². The monoisotopic (exact) mass is 189 g/mol. The van der Waals surface area contributed by atoms with Gasteiger partial charge in [-0.05, 0) is 6.42 Å². The summed E-state index contributed by atoms with van der Waals surface area (Å²) in [5.41, 5.74) is 5.00. The predicted molar refractivity (Wildman–Crippen MR) is 37.2 cm³/mol. The third kappa shape index (κ3) is 9.86. The van der Waals surface area contributed by atoms with Gasteiger partial charge in [-0.3, -0.25) is 9.59 Å². The first-order chi connectivity index (χ1) is 4.54. The third-order valence-electron chi connectivity index (χ3n) is 0.986. The molecule has 7 heteroatoms. The molecule has 0 spiro atoms. The Bertz CT molecular complexity index is 156. The zero-order valence-corrected chi connectivity index (χ0v) is 8.78. The molecule has 0 aliphatic rings. The number of carboxylic acid groups (broad SMARTS) is 2. The Hall–Kier alpha value is -0.140. The molecule has 0 saturated heterocycles. The van der Waals surface area contributed by atoms with Gasteiger partial charge in [-0.25, -0.2) is 0 Å². The van der Waals surface area contributed by atoms with Crippen LogP contribution in [0.15, 0.2) is 0 Å². The van der Waals surface area contributed by atoms with Crippen molar-refractivity contribution in [1.82, 2.24) is 0 Å². The van der Waals surface area contributed by atoms with E-state index < -0.39 is 18.0 Å². The Labute approximate surface area is 92.8 Å². The number of carboxylic acids is 2. The summed E-state index contributed by atoms with van der Waals surface area (Å²) in [6.07, 6.45) is -0.224. The van der Waals surface area contributed by atoms with Crippen LogP contribution in [0, 0.1) is 0 Å². The first-order valence-electron chi connectivity index (χ1n) is 2.74. The van der Waals surface area contributed by atoms with Crippen LogP contribution in [0.2, 0.25) is 0 Å². The smallest absolute Gasteiger partial charge is 1.00 e. The van der Waals surface area contributed by atoms with Crippen LogP contribution in [0.4, 0.5) is 0 Å². The minimum Gasteiger partial charge on any atom is -1.00 e. The Morgan fingerprint density at radius 2 is 1.83 bits per heavy atom. The molecular formula is C5H12NNaO5. The van der Waals surface area contributed by atoms with E-state index in [1.54, 1.807) is 0 Å². The molecule has 0 saturated carbocycles. The fraction of sp³-hybridized carbons (Fsp3) is 0.600. The minimum atomic E-state index is -1.17. The molecule has 0 radical (unpaired) electrons. The molecule has 0 rings (SSSR count). The van der Waals surface area contributed by atoms with Crippen molar-refractivity contribution < 1.29 is 56.3 Å². The summed E-state index contributed by atoms with van der Waals surface area (Å²) in [6.45, 7) is 0. The second-order valence-electron chi connectivity index (χ2n) is 1.88. The topological polar surface area (TPSA) is 132 Å². The molecular weight excluding hydrogens is 177 g/mol. The maximum atomic E-state index is 9.99. The zero-order chi connectivity index (χ0) is 8.15. The van der Waals surface area contributed by atoms with E-state index >= 15 is 0 Å². The Balaban J connectivity index is -0.000000135. The molecule has 0 aliphatic heterocycles. The molecule has 68 valence electrons. The Morgan fingerprint density at radius 1 is 1.42 bits per heavy atom. The summed E-state index contributed by atoms with van der Waals surface area (Å²) in [5.74, 6) is -2.20. The quantitative estimate of drug-likeness (QED) is 0.384. The SMILES string of the molecule is NC(CCC(=O)O)C(=O)O.O.[H-].[Na+]. The van der Waals surface area contributed by atoms with Gasteiger partial charge in [0.2, 0.25) is 0 Å². The van der Waals surface area contributed by atoms with E-state index in [0.717, 1.165) is 0 Å². The third-order valence-corrected chi connectivity index (χ3v) is 0.986. The largest absolute Gasteiger partial charge is 1.00 e. The maximum absolute atomic E-state index is 9.99. The van der Waals surface area contributed by atoms with Gasteiger partial charge in [0, 0.05) is 6.42 Å². The van der Waals surface area contributed by atoms with Crippen molar-refractivity contribution in [2.24, 2.45) is 5.73 Å². The molecule has 0 aromatic rings. The average Bonchev–Trinajstić information content (AvgIpc) is 1.82. The molecule has 0 bridgehead atoms. The van der Waals surface area contributed by atoms with E-state index in [1.165, 1.54) is 0 Å². The molecule has 1 unspecified atom stereocenters. The van der Waals surface area contributed by atoms with Crippen molar-refractivity contribution in [2.45, 2.75) is 18.9 Å². The van der Waals surface area contributed by atoms with Crippen LogP contribution in [0.25, 0.3) is 0 Å². The Kier molecular flexibility index (Phi) is 13.3. The number of carbonyl (C=O) groups is 2. The van der Waals surface area contributed by atoms with Crippen LogP contribution in [0.1, 0.15) is 14.3 Å². The second kappa shape index (κ2) is 8.95. The number of hydrogen-bond donors (Lipinski definition) is 3. The van der Waals surface area contributed by atoms with Crippen LogP contribution >= 0.6 is 0 Å². The van der Waals surface area contributed by atoms with Crippen molar-refractivity contribution in [3.63, 3.8) is 0 Å². The van der Waals surface area contributed by atoms with E-state index in [1.807, 2.05) is 0 Å². The molecule has 1 atom stereocenters. The van der Waals surface area contributed by atoms with E-state index in [9.17, 15) is 9.59 Å². The number of aliphatic carboxylic acids is 2. The van der Waals surface area contributed by atoms with Crippen molar-refractivity contribution in [2.75, 3.05) is 0 Å². The van der Waals surface area contributed by atoms with Gasteiger partial charge in [0.15, 0.2) is 0 Å². The normalized spacial score (nSPS) is 10.4. The van der Waals surface area contributed by atoms with Crippen LogP contribution in [0.5, 0.6) is 0 Å². The van der Waals surface area contributed by atoms with Crippen LogP contribution in [0.3, 0.4) is 0 Å². The second-order valence-corrected chi connectivity index (χ2v) is 1.88. The molecule has 0 aromatic carbocycles. The van der Waals surface area contributed by atoms with E-state index in [0.29, 0.717) is 0 Å². The van der Waals surface area contributed by atoms with Gasteiger partial charge in [0.25, 0.3) is 0 Å². The molecule has 0 aromatic heterocycles. The molecule has 0 aliphatic carbocycles. The van der Waals surface area contributed by atoms with E-state index in [4.69, 9.17) is 15.9 Å². The summed E-state index contributed by atoms with van der Waals surface area (Å²) >= 11 is 0. The van der Waals surface area contributed by atoms with E-state index in [-0.39, 0.29) is 49.3 Å². The van der Waals surface area contributed by atoms with Gasteiger partial charge in [0.05, 0.1) is 0 Å². The first-order valence-corrected chi connectivity index (χ1v) is 2.74.